The summed E-state index contributed by atoms with van der Waals surface area (Å²) in [6.45, 7) is 5.33. The topological polar surface area (TPSA) is 78.3 Å². The summed E-state index contributed by atoms with van der Waals surface area (Å²) >= 11 is 0. The number of amides is 1. The molecule has 2 aliphatic rings. The predicted molar refractivity (Wildman–Crippen MR) is 134 cm³/mol. The molecule has 1 fully saturated rings. The Kier molecular flexibility index (Phi) is 7.50. The zero-order chi connectivity index (χ0) is 24.9. The van der Waals surface area contributed by atoms with Crippen LogP contribution in [0.15, 0.2) is 48.8 Å². The molecule has 36 heavy (non-hydrogen) atoms. The Morgan fingerprint density at radius 3 is 2.72 bits per heavy atom. The van der Waals surface area contributed by atoms with Gasteiger partial charge >= 0.3 is 0 Å². The fraction of sp³-hybridized carbons (Fsp3) is 0.407. The molecule has 4 bridgehead atoms. The average Bonchev–Trinajstić information content (AvgIpc) is 3.38. The molecular formula is C27H32N4O5. The second kappa shape index (κ2) is 11.1. The minimum absolute atomic E-state index is 0.0187. The van der Waals surface area contributed by atoms with Gasteiger partial charge in [0, 0.05) is 56.9 Å². The lowest BCUT2D eigenvalue weighted by atomic mass is 10.1. The van der Waals surface area contributed by atoms with Crippen molar-refractivity contribution in [2.24, 2.45) is 0 Å². The summed E-state index contributed by atoms with van der Waals surface area (Å²) < 4.78 is 24.4. The number of aromatic nitrogens is 2. The normalized spacial score (nSPS) is 16.2. The number of nitrogens with zero attached hydrogens (tertiary/aromatic N) is 4. The number of benzene rings is 2. The van der Waals surface area contributed by atoms with Crippen molar-refractivity contribution in [2.75, 3.05) is 60.3 Å². The Balaban J connectivity index is 1.59. The van der Waals surface area contributed by atoms with Crippen LogP contribution in [-0.4, -0.2) is 85.5 Å². The molecular weight excluding hydrogens is 460 g/mol. The average molecular weight is 493 g/mol. The summed E-state index contributed by atoms with van der Waals surface area (Å²) in [5, 5.41) is 0. The third kappa shape index (κ3) is 5.38. The smallest absolute Gasteiger partial charge is 0.248 e. The molecule has 9 heteroatoms. The Bertz CT molecular complexity index is 1200. The number of carbonyl (C=O) groups excluding carboxylic acids is 1. The molecule has 0 aliphatic carbocycles. The first-order valence-corrected chi connectivity index (χ1v) is 12.2. The van der Waals surface area contributed by atoms with Gasteiger partial charge in [0.05, 0.1) is 26.9 Å². The van der Waals surface area contributed by atoms with Crippen molar-refractivity contribution >= 4 is 5.91 Å². The standard InChI is InChI=1S/C27H32N4O5/c1-33-19-26(32)30-9-12-36-25-16-22(3-4-24(25)34-2)27-28-5-6-31(27)23-14-20(13-21(15-23)18-30)17-29-7-10-35-11-8-29/h3-6,13-16H,7-12,17-19H2,1-2H3. The molecule has 0 unspecified atom stereocenters. The van der Waals surface area contributed by atoms with Gasteiger partial charge in [-0.05, 0) is 41.5 Å². The van der Waals surface area contributed by atoms with Crippen molar-refractivity contribution < 1.29 is 23.7 Å². The van der Waals surface area contributed by atoms with Gasteiger partial charge < -0.3 is 23.8 Å². The number of imidazole rings is 1. The Morgan fingerprint density at radius 1 is 1.06 bits per heavy atom. The van der Waals surface area contributed by atoms with Crippen molar-refractivity contribution in [3.63, 3.8) is 0 Å². The van der Waals surface area contributed by atoms with Crippen LogP contribution >= 0.6 is 0 Å². The van der Waals surface area contributed by atoms with Gasteiger partial charge in [-0.15, -0.1) is 0 Å². The number of carbonyl (C=O) groups is 1. The minimum atomic E-state index is -0.0832. The van der Waals surface area contributed by atoms with Gasteiger partial charge in [-0.3, -0.25) is 14.3 Å². The molecule has 5 rings (SSSR count). The highest BCUT2D eigenvalue weighted by molar-refractivity contribution is 5.77. The van der Waals surface area contributed by atoms with Crippen molar-refractivity contribution in [3.05, 3.63) is 59.9 Å². The second-order valence-electron chi connectivity index (χ2n) is 8.98. The van der Waals surface area contributed by atoms with Crippen molar-refractivity contribution in [1.82, 2.24) is 19.4 Å². The molecule has 190 valence electrons. The molecule has 2 aromatic carbocycles. The molecule has 0 radical (unpaired) electrons. The molecule has 3 heterocycles. The number of hydrogen-bond donors (Lipinski definition) is 0. The second-order valence-corrected chi connectivity index (χ2v) is 8.98. The molecule has 3 aromatic rings. The number of rotatable bonds is 5. The van der Waals surface area contributed by atoms with Gasteiger partial charge in [-0.25, -0.2) is 4.98 Å². The largest absolute Gasteiger partial charge is 0.493 e. The SMILES string of the molecule is COCC(=O)N1CCOc2cc(ccc2OC)-c2nccn2-c2cc(CN3CCOCC3)cc(c2)C1. The first-order chi connectivity index (χ1) is 17.6. The lowest BCUT2D eigenvalue weighted by Gasteiger charge is -2.27. The van der Waals surface area contributed by atoms with Crippen LogP contribution in [0.1, 0.15) is 11.1 Å². The van der Waals surface area contributed by atoms with E-state index in [4.69, 9.17) is 18.9 Å². The van der Waals surface area contributed by atoms with E-state index in [0.717, 1.165) is 55.5 Å². The van der Waals surface area contributed by atoms with Gasteiger partial charge in [-0.1, -0.05) is 6.07 Å². The van der Waals surface area contributed by atoms with Crippen molar-refractivity contribution in [1.29, 1.82) is 0 Å². The highest BCUT2D eigenvalue weighted by Gasteiger charge is 2.19. The maximum absolute atomic E-state index is 12.9. The quantitative estimate of drug-likeness (QED) is 0.542. The lowest BCUT2D eigenvalue weighted by Crippen LogP contribution is -2.37. The van der Waals surface area contributed by atoms with Crippen LogP contribution in [-0.2, 0) is 27.4 Å². The van der Waals surface area contributed by atoms with E-state index < -0.39 is 0 Å². The van der Waals surface area contributed by atoms with Crippen LogP contribution in [0.25, 0.3) is 17.1 Å². The van der Waals surface area contributed by atoms with E-state index >= 15 is 0 Å². The first-order valence-electron chi connectivity index (χ1n) is 12.2. The van der Waals surface area contributed by atoms with E-state index in [0.29, 0.717) is 31.2 Å². The van der Waals surface area contributed by atoms with Gasteiger partial charge in [0.15, 0.2) is 11.5 Å². The molecule has 1 aromatic heterocycles. The summed E-state index contributed by atoms with van der Waals surface area (Å²) in [5.74, 6) is 1.97. The van der Waals surface area contributed by atoms with Crippen LogP contribution < -0.4 is 9.47 Å². The molecule has 0 saturated carbocycles. The van der Waals surface area contributed by atoms with E-state index in [9.17, 15) is 4.79 Å². The fourth-order valence-corrected chi connectivity index (χ4v) is 4.73. The highest BCUT2D eigenvalue weighted by atomic mass is 16.5. The van der Waals surface area contributed by atoms with Gasteiger partial charge in [-0.2, -0.15) is 0 Å². The van der Waals surface area contributed by atoms with Gasteiger partial charge in [0.1, 0.15) is 19.0 Å². The summed E-state index contributed by atoms with van der Waals surface area (Å²) in [7, 11) is 3.15. The first kappa shape index (κ1) is 24.3. The predicted octanol–water partition coefficient (Wildman–Crippen LogP) is 2.75. The van der Waals surface area contributed by atoms with Crippen LogP contribution in [0.3, 0.4) is 0 Å². The number of morpholine rings is 1. The summed E-state index contributed by atoms with van der Waals surface area (Å²) in [4.78, 5) is 21.8. The van der Waals surface area contributed by atoms with Crippen LogP contribution in [0.4, 0.5) is 0 Å². The monoisotopic (exact) mass is 492 g/mol. The Morgan fingerprint density at radius 2 is 1.92 bits per heavy atom. The molecule has 9 nitrogen and oxygen atoms in total. The van der Waals surface area contributed by atoms with E-state index in [-0.39, 0.29) is 12.5 Å². The van der Waals surface area contributed by atoms with E-state index in [1.54, 1.807) is 18.2 Å². The maximum atomic E-state index is 12.9. The zero-order valence-corrected chi connectivity index (χ0v) is 20.8. The summed E-state index contributed by atoms with van der Waals surface area (Å²) in [6, 6.07) is 12.3. The van der Waals surface area contributed by atoms with Crippen molar-refractivity contribution in [3.8, 4) is 28.6 Å². The lowest BCUT2D eigenvalue weighted by molar-refractivity contribution is -0.136. The van der Waals surface area contributed by atoms with Crippen LogP contribution in [0.2, 0.25) is 0 Å². The zero-order valence-electron chi connectivity index (χ0n) is 20.8. The minimum Gasteiger partial charge on any atom is -0.493 e. The van der Waals surface area contributed by atoms with E-state index in [1.807, 2.05) is 24.4 Å². The fourth-order valence-electron chi connectivity index (χ4n) is 4.73. The molecule has 0 spiro atoms. The molecule has 1 saturated heterocycles. The number of methoxy groups -OCH3 is 2. The maximum Gasteiger partial charge on any atom is 0.248 e. The third-order valence-corrected chi connectivity index (χ3v) is 6.50. The van der Waals surface area contributed by atoms with Crippen LogP contribution in [0.5, 0.6) is 11.5 Å². The molecule has 1 amide bonds. The number of fused-ring (bicyclic) bond motifs is 7. The molecule has 0 atom stereocenters. The van der Waals surface area contributed by atoms with Gasteiger partial charge in [0.25, 0.3) is 0 Å². The summed E-state index contributed by atoms with van der Waals surface area (Å²) in [6.07, 6.45) is 3.76. The van der Waals surface area contributed by atoms with Gasteiger partial charge in [0.2, 0.25) is 5.91 Å². The number of hydrogen-bond acceptors (Lipinski definition) is 7. The van der Waals surface area contributed by atoms with E-state index in [2.05, 4.69) is 32.7 Å². The highest BCUT2D eigenvalue weighted by Crippen LogP contribution is 2.33. The van der Waals surface area contributed by atoms with E-state index in [1.165, 1.54) is 12.7 Å². The number of ether oxygens (including phenoxy) is 4. The third-order valence-electron chi connectivity index (χ3n) is 6.50. The molecule has 2 aliphatic heterocycles. The Labute approximate surface area is 211 Å². The molecule has 0 N–H and O–H groups in total. The summed E-state index contributed by atoms with van der Waals surface area (Å²) in [5.41, 5.74) is 4.15. The van der Waals surface area contributed by atoms with Crippen molar-refractivity contribution in [2.45, 2.75) is 13.1 Å². The Hall–Kier alpha value is -3.40. The van der Waals surface area contributed by atoms with Crippen LogP contribution in [0, 0.1) is 0 Å².